The van der Waals surface area contributed by atoms with E-state index in [1.165, 1.54) is 0 Å². The van der Waals surface area contributed by atoms with Gasteiger partial charge in [0.05, 0.1) is 12.2 Å². The van der Waals surface area contributed by atoms with Crippen molar-refractivity contribution in [1.29, 1.82) is 0 Å². The summed E-state index contributed by atoms with van der Waals surface area (Å²) in [5.41, 5.74) is 0. The molecule has 1 rings (SSSR count). The van der Waals surface area contributed by atoms with Gasteiger partial charge in [-0.1, -0.05) is 12.2 Å². The first-order chi connectivity index (χ1) is 5.86. The van der Waals surface area contributed by atoms with E-state index in [0.29, 0.717) is 12.2 Å². The molecule has 0 saturated carbocycles. The highest BCUT2D eigenvalue weighted by molar-refractivity contribution is 5.00. The minimum Gasteiger partial charge on any atom is -0.374 e. The molecule has 0 saturated heterocycles. The second kappa shape index (κ2) is 5.33. The summed E-state index contributed by atoms with van der Waals surface area (Å²) >= 11 is 0. The lowest BCUT2D eigenvalue weighted by molar-refractivity contribution is 0.0430. The molecular weight excluding hydrogens is 152 g/mol. The van der Waals surface area contributed by atoms with Gasteiger partial charge in [0, 0.05) is 13.2 Å². The van der Waals surface area contributed by atoms with Crippen molar-refractivity contribution < 1.29 is 9.47 Å². The Hall–Kier alpha value is -0.340. The van der Waals surface area contributed by atoms with Crippen LogP contribution in [0.5, 0.6) is 0 Å². The highest BCUT2D eigenvalue weighted by atomic mass is 16.5. The van der Waals surface area contributed by atoms with Crippen molar-refractivity contribution in [2.75, 3.05) is 13.2 Å². The lowest BCUT2D eigenvalue weighted by atomic mass is 10.0. The van der Waals surface area contributed by atoms with Gasteiger partial charge in [-0.25, -0.2) is 0 Å². The molecule has 0 aromatic rings. The van der Waals surface area contributed by atoms with Crippen molar-refractivity contribution >= 4 is 0 Å². The normalized spacial score (nSPS) is 29.2. The van der Waals surface area contributed by atoms with Crippen LogP contribution in [-0.2, 0) is 9.47 Å². The molecule has 0 fully saturated rings. The monoisotopic (exact) mass is 170 g/mol. The molecule has 2 nitrogen and oxygen atoms in total. The van der Waals surface area contributed by atoms with Gasteiger partial charge in [-0.3, -0.25) is 0 Å². The fourth-order valence-corrected chi connectivity index (χ4v) is 1.47. The zero-order valence-corrected chi connectivity index (χ0v) is 7.95. The molecule has 0 aromatic carbocycles. The molecule has 0 aliphatic heterocycles. The molecule has 1 aliphatic carbocycles. The predicted molar refractivity (Wildman–Crippen MR) is 49.2 cm³/mol. The Labute approximate surface area is 74.6 Å². The lowest BCUT2D eigenvalue weighted by Gasteiger charge is -2.22. The summed E-state index contributed by atoms with van der Waals surface area (Å²) in [6.07, 6.45) is 7.07. The van der Waals surface area contributed by atoms with Crippen LogP contribution in [-0.4, -0.2) is 25.4 Å². The van der Waals surface area contributed by atoms with E-state index in [0.717, 1.165) is 26.1 Å². The van der Waals surface area contributed by atoms with Gasteiger partial charge < -0.3 is 9.47 Å². The van der Waals surface area contributed by atoms with Gasteiger partial charge in [0.15, 0.2) is 0 Å². The third-order valence-electron chi connectivity index (χ3n) is 2.04. The van der Waals surface area contributed by atoms with Gasteiger partial charge in [-0.15, -0.1) is 0 Å². The zero-order chi connectivity index (χ0) is 8.81. The average molecular weight is 170 g/mol. The Balaban J connectivity index is 2.26. The van der Waals surface area contributed by atoms with E-state index in [1.54, 1.807) is 0 Å². The Bertz CT molecular complexity index is 127. The van der Waals surface area contributed by atoms with Crippen LogP contribution < -0.4 is 0 Å². The fraction of sp³-hybridized carbons (Fsp3) is 0.800. The van der Waals surface area contributed by atoms with Crippen molar-refractivity contribution in [1.82, 2.24) is 0 Å². The standard InChI is InChI=1S/C10H18O2/c1-3-11-9-5-7-10(8-6-9)12-4-2/h5,7,9-10H,3-4,6,8H2,1-2H3. The molecule has 0 bridgehead atoms. The van der Waals surface area contributed by atoms with E-state index in [9.17, 15) is 0 Å². The summed E-state index contributed by atoms with van der Waals surface area (Å²) in [6, 6.07) is 0. The quantitative estimate of drug-likeness (QED) is 0.602. The molecule has 2 atom stereocenters. The van der Waals surface area contributed by atoms with Crippen LogP contribution in [0.25, 0.3) is 0 Å². The first kappa shape index (κ1) is 9.75. The number of hydrogen-bond donors (Lipinski definition) is 0. The van der Waals surface area contributed by atoms with Gasteiger partial charge in [-0.05, 0) is 26.7 Å². The van der Waals surface area contributed by atoms with Crippen LogP contribution in [0.2, 0.25) is 0 Å². The first-order valence-corrected chi connectivity index (χ1v) is 4.78. The minimum atomic E-state index is 0.326. The zero-order valence-electron chi connectivity index (χ0n) is 7.95. The number of rotatable bonds is 4. The smallest absolute Gasteiger partial charge is 0.0757 e. The molecule has 2 heteroatoms. The topological polar surface area (TPSA) is 18.5 Å². The van der Waals surface area contributed by atoms with Gasteiger partial charge in [0.25, 0.3) is 0 Å². The van der Waals surface area contributed by atoms with Crippen molar-refractivity contribution in [3.05, 3.63) is 12.2 Å². The van der Waals surface area contributed by atoms with E-state index in [-0.39, 0.29) is 0 Å². The first-order valence-electron chi connectivity index (χ1n) is 4.78. The molecule has 12 heavy (non-hydrogen) atoms. The van der Waals surface area contributed by atoms with E-state index >= 15 is 0 Å². The molecule has 0 N–H and O–H groups in total. The Morgan fingerprint density at radius 3 is 1.67 bits per heavy atom. The molecule has 0 amide bonds. The van der Waals surface area contributed by atoms with Crippen LogP contribution in [0.1, 0.15) is 26.7 Å². The third kappa shape index (κ3) is 2.95. The largest absolute Gasteiger partial charge is 0.374 e. The number of hydrogen-bond acceptors (Lipinski definition) is 2. The summed E-state index contributed by atoms with van der Waals surface area (Å²) in [7, 11) is 0. The van der Waals surface area contributed by atoms with Gasteiger partial charge in [0.2, 0.25) is 0 Å². The highest BCUT2D eigenvalue weighted by Crippen LogP contribution is 2.16. The average Bonchev–Trinajstić information content (AvgIpc) is 2.09. The molecule has 1 aliphatic rings. The third-order valence-corrected chi connectivity index (χ3v) is 2.04. The lowest BCUT2D eigenvalue weighted by Crippen LogP contribution is -2.21. The van der Waals surface area contributed by atoms with E-state index in [4.69, 9.17) is 9.47 Å². The van der Waals surface area contributed by atoms with Crippen LogP contribution in [0, 0.1) is 0 Å². The molecule has 70 valence electrons. The maximum Gasteiger partial charge on any atom is 0.0757 e. The van der Waals surface area contributed by atoms with E-state index in [2.05, 4.69) is 12.2 Å². The van der Waals surface area contributed by atoms with Crippen LogP contribution in [0.15, 0.2) is 12.2 Å². The van der Waals surface area contributed by atoms with Crippen LogP contribution in [0.3, 0.4) is 0 Å². The summed E-state index contributed by atoms with van der Waals surface area (Å²) in [6.45, 7) is 5.66. The SMILES string of the molecule is CCOC1C=CC(OCC)CC1. The molecule has 0 spiro atoms. The van der Waals surface area contributed by atoms with Crippen LogP contribution >= 0.6 is 0 Å². The summed E-state index contributed by atoms with van der Waals surface area (Å²) in [5.74, 6) is 0. The number of ether oxygens (including phenoxy) is 2. The molecule has 2 unspecified atom stereocenters. The molecule has 0 heterocycles. The second-order valence-corrected chi connectivity index (χ2v) is 2.95. The highest BCUT2D eigenvalue weighted by Gasteiger charge is 2.14. The predicted octanol–water partition coefficient (Wildman–Crippen LogP) is 2.15. The Morgan fingerprint density at radius 2 is 1.42 bits per heavy atom. The van der Waals surface area contributed by atoms with Crippen molar-refractivity contribution in [2.24, 2.45) is 0 Å². The van der Waals surface area contributed by atoms with Crippen molar-refractivity contribution in [2.45, 2.75) is 38.9 Å². The summed E-state index contributed by atoms with van der Waals surface area (Å²) < 4.78 is 10.9. The fourth-order valence-electron chi connectivity index (χ4n) is 1.47. The van der Waals surface area contributed by atoms with Crippen molar-refractivity contribution in [3.8, 4) is 0 Å². The maximum atomic E-state index is 5.47. The van der Waals surface area contributed by atoms with Gasteiger partial charge in [-0.2, -0.15) is 0 Å². The maximum absolute atomic E-state index is 5.47. The van der Waals surface area contributed by atoms with E-state index in [1.807, 2.05) is 13.8 Å². The van der Waals surface area contributed by atoms with Gasteiger partial charge in [0.1, 0.15) is 0 Å². The Kier molecular flexibility index (Phi) is 4.33. The van der Waals surface area contributed by atoms with Gasteiger partial charge >= 0.3 is 0 Å². The van der Waals surface area contributed by atoms with E-state index < -0.39 is 0 Å². The minimum absolute atomic E-state index is 0.326. The molecular formula is C10H18O2. The summed E-state index contributed by atoms with van der Waals surface area (Å²) in [4.78, 5) is 0. The Morgan fingerprint density at radius 1 is 1.00 bits per heavy atom. The summed E-state index contributed by atoms with van der Waals surface area (Å²) in [5, 5.41) is 0. The molecule has 0 aromatic heterocycles. The second-order valence-electron chi connectivity index (χ2n) is 2.95. The molecule has 0 radical (unpaired) electrons. The van der Waals surface area contributed by atoms with Crippen LogP contribution in [0.4, 0.5) is 0 Å². The van der Waals surface area contributed by atoms with Crippen molar-refractivity contribution in [3.63, 3.8) is 0 Å².